The Bertz CT molecular complexity index is 1100. The lowest BCUT2D eigenvalue weighted by Crippen LogP contribution is -2.39. The third-order valence-electron chi connectivity index (χ3n) is 5.89. The quantitative estimate of drug-likeness (QED) is 0.597. The van der Waals surface area contributed by atoms with Crippen molar-refractivity contribution in [2.45, 2.75) is 17.6 Å². The number of carbonyl (C=O) groups is 2. The second kappa shape index (κ2) is 8.66. The number of primary amides is 1. The molecule has 4 rings (SSSR count). The fraction of sp³-hybridized carbons (Fsp3) is 0.304. The molecule has 0 spiro atoms. The van der Waals surface area contributed by atoms with Crippen LogP contribution in [0.1, 0.15) is 18.4 Å². The number of nitrogens with one attached hydrogen (secondary N) is 1. The third kappa shape index (κ3) is 3.84. The van der Waals surface area contributed by atoms with Gasteiger partial charge in [-0.25, -0.2) is 4.79 Å². The Morgan fingerprint density at radius 1 is 1.12 bits per heavy atom. The number of hydrogen-bond acceptors (Lipinski definition) is 6. The maximum atomic E-state index is 12.9. The molecule has 0 saturated heterocycles. The van der Waals surface area contributed by atoms with E-state index in [2.05, 4.69) is 5.32 Å². The number of carbonyl (C=O) groups excluding carboxylic acids is 2. The van der Waals surface area contributed by atoms with Crippen molar-refractivity contribution in [3.8, 4) is 11.5 Å². The van der Waals surface area contributed by atoms with Crippen LogP contribution in [0.5, 0.6) is 11.5 Å². The van der Waals surface area contributed by atoms with Crippen molar-refractivity contribution in [2.24, 2.45) is 5.73 Å². The Morgan fingerprint density at radius 2 is 1.88 bits per heavy atom. The van der Waals surface area contributed by atoms with E-state index in [4.69, 9.17) is 20.9 Å². The molecular formula is C23H26N4O4S. The van der Waals surface area contributed by atoms with Crippen molar-refractivity contribution in [1.82, 2.24) is 4.90 Å². The van der Waals surface area contributed by atoms with Crippen molar-refractivity contribution in [3.63, 3.8) is 0 Å². The van der Waals surface area contributed by atoms with Crippen LogP contribution in [0.3, 0.4) is 0 Å². The lowest BCUT2D eigenvalue weighted by Gasteiger charge is -2.28. The summed E-state index contributed by atoms with van der Waals surface area (Å²) in [4.78, 5) is 28.3. The zero-order valence-corrected chi connectivity index (χ0v) is 18.8. The van der Waals surface area contributed by atoms with Gasteiger partial charge in [0.1, 0.15) is 4.75 Å². The lowest BCUT2D eigenvalue weighted by atomic mass is 9.87. The minimum absolute atomic E-state index is 0.222. The van der Waals surface area contributed by atoms with Gasteiger partial charge in [0.05, 0.1) is 20.8 Å². The van der Waals surface area contributed by atoms with Gasteiger partial charge in [0.25, 0.3) is 0 Å². The molecule has 8 nitrogen and oxygen atoms in total. The van der Waals surface area contributed by atoms with Gasteiger partial charge in [-0.15, -0.1) is 11.8 Å². The lowest BCUT2D eigenvalue weighted by molar-refractivity contribution is -0.120. The van der Waals surface area contributed by atoms with E-state index in [1.165, 1.54) is 11.8 Å². The number of para-hydroxylation sites is 1. The number of ether oxygens (including phenoxy) is 2. The van der Waals surface area contributed by atoms with Crippen molar-refractivity contribution < 1.29 is 19.1 Å². The number of urea groups is 1. The van der Waals surface area contributed by atoms with Crippen LogP contribution in [0.2, 0.25) is 0 Å². The maximum Gasteiger partial charge on any atom is 0.322 e. The van der Waals surface area contributed by atoms with Crippen LogP contribution in [-0.4, -0.2) is 44.1 Å². The summed E-state index contributed by atoms with van der Waals surface area (Å²) in [6, 6.07) is 12.3. The summed E-state index contributed by atoms with van der Waals surface area (Å²) in [7, 11) is 3.10. The first-order chi connectivity index (χ1) is 15.4. The van der Waals surface area contributed by atoms with E-state index in [1.807, 2.05) is 18.2 Å². The predicted molar refractivity (Wildman–Crippen MR) is 126 cm³/mol. The second-order valence-electron chi connectivity index (χ2n) is 7.76. The Balaban J connectivity index is 1.50. The van der Waals surface area contributed by atoms with Gasteiger partial charge in [-0.3, -0.25) is 4.79 Å². The molecule has 2 aromatic carbocycles. The summed E-state index contributed by atoms with van der Waals surface area (Å²) in [5.41, 5.74) is 15.1. The largest absolute Gasteiger partial charge is 0.493 e. The number of methoxy groups -OCH3 is 2. The third-order valence-corrected chi connectivity index (χ3v) is 7.47. The molecule has 0 aliphatic carbocycles. The van der Waals surface area contributed by atoms with Gasteiger partial charge in [0.2, 0.25) is 5.91 Å². The van der Waals surface area contributed by atoms with E-state index < -0.39 is 10.7 Å². The normalized spacial score (nSPS) is 20.0. The molecule has 3 amide bonds. The molecular weight excluding hydrogens is 428 g/mol. The number of anilines is 2. The van der Waals surface area contributed by atoms with Crippen molar-refractivity contribution in [2.75, 3.05) is 38.4 Å². The highest BCUT2D eigenvalue weighted by molar-refractivity contribution is 8.05. The highest BCUT2D eigenvalue weighted by atomic mass is 32.2. The molecule has 168 valence electrons. The van der Waals surface area contributed by atoms with Gasteiger partial charge >= 0.3 is 6.03 Å². The molecule has 2 aliphatic rings. The van der Waals surface area contributed by atoms with Crippen LogP contribution in [0.15, 0.2) is 52.9 Å². The number of nitrogen functional groups attached to an aromatic ring is 1. The highest BCUT2D eigenvalue weighted by Crippen LogP contribution is 2.55. The molecule has 0 bridgehead atoms. The summed E-state index contributed by atoms with van der Waals surface area (Å²) in [6.45, 7) is 0.971. The molecule has 2 aliphatic heterocycles. The van der Waals surface area contributed by atoms with Gasteiger partial charge in [-0.2, -0.15) is 0 Å². The predicted octanol–water partition coefficient (Wildman–Crippen LogP) is 3.30. The Hall–Kier alpha value is -3.33. The van der Waals surface area contributed by atoms with E-state index in [1.54, 1.807) is 43.4 Å². The number of thioether (sulfide) groups is 1. The van der Waals surface area contributed by atoms with Crippen LogP contribution in [0.4, 0.5) is 16.2 Å². The molecule has 2 aromatic rings. The Morgan fingerprint density at radius 3 is 2.56 bits per heavy atom. The number of amides is 3. The number of nitrogens with zero attached hydrogens (tertiary/aromatic N) is 1. The molecule has 1 atom stereocenters. The summed E-state index contributed by atoms with van der Waals surface area (Å²) in [5.74, 6) is 0.701. The fourth-order valence-corrected chi connectivity index (χ4v) is 5.79. The zero-order chi connectivity index (χ0) is 22.9. The average Bonchev–Trinajstić information content (AvgIpc) is 3.19. The summed E-state index contributed by atoms with van der Waals surface area (Å²) < 4.78 is 9.60. The topological polar surface area (TPSA) is 120 Å². The first-order valence-corrected chi connectivity index (χ1v) is 11.0. The van der Waals surface area contributed by atoms with Gasteiger partial charge in [-0.1, -0.05) is 23.8 Å². The van der Waals surface area contributed by atoms with Crippen LogP contribution < -0.4 is 26.3 Å². The summed E-state index contributed by atoms with van der Waals surface area (Å²) in [6.07, 6.45) is 1.20. The van der Waals surface area contributed by atoms with E-state index >= 15 is 0 Å². The monoisotopic (exact) mass is 454 g/mol. The molecule has 2 heterocycles. The highest BCUT2D eigenvalue weighted by Gasteiger charge is 2.48. The minimum Gasteiger partial charge on any atom is -0.493 e. The molecule has 0 fully saturated rings. The van der Waals surface area contributed by atoms with Crippen LogP contribution in [-0.2, 0) is 9.54 Å². The van der Waals surface area contributed by atoms with E-state index in [0.717, 1.165) is 16.0 Å². The van der Waals surface area contributed by atoms with Crippen LogP contribution in [0.25, 0.3) is 0 Å². The van der Waals surface area contributed by atoms with E-state index in [-0.39, 0.29) is 6.03 Å². The Labute approximate surface area is 190 Å². The van der Waals surface area contributed by atoms with Gasteiger partial charge in [0.15, 0.2) is 11.5 Å². The van der Waals surface area contributed by atoms with Crippen molar-refractivity contribution in [3.05, 3.63) is 58.5 Å². The minimum atomic E-state index is -0.939. The summed E-state index contributed by atoms with van der Waals surface area (Å²) >= 11 is 1.42. The zero-order valence-electron chi connectivity index (χ0n) is 18.0. The first kappa shape index (κ1) is 21.9. The van der Waals surface area contributed by atoms with Gasteiger partial charge in [0, 0.05) is 34.5 Å². The second-order valence-corrected chi connectivity index (χ2v) is 9.15. The standard InChI is InChI=1S/C23H26N4O4S/c1-30-18-8-7-15(11-19(18)31-2)26-22(29)27-10-9-14-12-23(21(25)28,32-20(14)13-27)16-5-3-4-6-17(16)24/h3-8,11H,9-10,12-13,24H2,1-2H3,(H2,25,28)(H,26,29). The molecule has 1 unspecified atom stereocenters. The Kier molecular flexibility index (Phi) is 5.92. The van der Waals surface area contributed by atoms with Crippen molar-refractivity contribution in [1.29, 1.82) is 0 Å². The van der Waals surface area contributed by atoms with E-state index in [9.17, 15) is 9.59 Å². The number of benzene rings is 2. The average molecular weight is 455 g/mol. The maximum absolute atomic E-state index is 12.9. The first-order valence-electron chi connectivity index (χ1n) is 10.2. The van der Waals surface area contributed by atoms with Gasteiger partial charge in [-0.05, 0) is 31.0 Å². The smallest absolute Gasteiger partial charge is 0.322 e. The molecule has 9 heteroatoms. The summed E-state index contributed by atoms with van der Waals surface area (Å²) in [5, 5.41) is 2.91. The SMILES string of the molecule is COc1ccc(NC(=O)N2CCC3=C(C2)SC(C(N)=O)(c2ccccc2N)C3)cc1OC. The van der Waals surface area contributed by atoms with Crippen LogP contribution >= 0.6 is 11.8 Å². The van der Waals surface area contributed by atoms with E-state index in [0.29, 0.717) is 48.8 Å². The molecule has 32 heavy (non-hydrogen) atoms. The molecule has 5 N–H and O–H groups in total. The fourth-order valence-electron chi connectivity index (χ4n) is 4.19. The van der Waals surface area contributed by atoms with Crippen molar-refractivity contribution >= 4 is 35.1 Å². The number of hydrogen-bond donors (Lipinski definition) is 3. The molecule has 0 radical (unpaired) electrons. The molecule has 0 aromatic heterocycles. The van der Waals surface area contributed by atoms with Crippen LogP contribution in [0, 0.1) is 0 Å². The number of nitrogens with two attached hydrogens (primary N) is 2. The molecule has 0 saturated carbocycles. The van der Waals surface area contributed by atoms with Gasteiger partial charge < -0.3 is 31.2 Å². The number of rotatable bonds is 5.